The molecule has 6 rings (SSSR count). The third-order valence-corrected chi connectivity index (χ3v) is 6.52. The molecule has 0 unspecified atom stereocenters. The summed E-state index contributed by atoms with van der Waals surface area (Å²) >= 11 is 0. The average molecular weight is 462 g/mol. The van der Waals surface area contributed by atoms with Crippen LogP contribution in [0.25, 0.3) is 44.7 Å². The van der Waals surface area contributed by atoms with Gasteiger partial charge in [0.05, 0.1) is 16.8 Å². The summed E-state index contributed by atoms with van der Waals surface area (Å²) in [5, 5.41) is 11.6. The quantitative estimate of drug-likeness (QED) is 0.377. The van der Waals surface area contributed by atoms with Crippen molar-refractivity contribution in [2.24, 2.45) is 14.1 Å². The molecule has 0 aliphatic carbocycles. The Morgan fingerprint density at radius 3 is 2.63 bits per heavy atom. The van der Waals surface area contributed by atoms with Crippen LogP contribution in [0.4, 0.5) is 11.5 Å². The van der Waals surface area contributed by atoms with Gasteiger partial charge in [-0.3, -0.25) is 9.48 Å². The standard InChI is InChI=1S/C27H23N7O/c1-4-22(35)32-19-8-5-16(6-9-19)25-23-20-10-7-17(21-11-12-31-34(21)3)13-18(20)14-28-26-24(23)27(33(25)2)30-15-29-26/h4-13,15H,1,14H2,2-3H3,(H,32,35)(H,28,29,30). The third-order valence-electron chi connectivity index (χ3n) is 6.52. The van der Waals surface area contributed by atoms with E-state index in [-0.39, 0.29) is 5.91 Å². The number of hydrogen-bond donors (Lipinski definition) is 2. The van der Waals surface area contributed by atoms with Crippen molar-refractivity contribution in [1.82, 2.24) is 24.3 Å². The molecule has 0 radical (unpaired) electrons. The van der Waals surface area contributed by atoms with Gasteiger partial charge in [-0.15, -0.1) is 0 Å². The Morgan fingerprint density at radius 1 is 1.09 bits per heavy atom. The molecule has 2 aromatic carbocycles. The molecule has 1 aliphatic heterocycles. The first-order chi connectivity index (χ1) is 17.0. The lowest BCUT2D eigenvalue weighted by Crippen LogP contribution is -2.07. The predicted octanol–water partition coefficient (Wildman–Crippen LogP) is 4.75. The fourth-order valence-corrected chi connectivity index (χ4v) is 4.87. The van der Waals surface area contributed by atoms with E-state index in [0.29, 0.717) is 12.2 Å². The van der Waals surface area contributed by atoms with Crippen LogP contribution in [0.3, 0.4) is 0 Å². The van der Waals surface area contributed by atoms with Crippen LogP contribution in [0.5, 0.6) is 0 Å². The molecule has 0 saturated heterocycles. The van der Waals surface area contributed by atoms with Crippen molar-refractivity contribution in [1.29, 1.82) is 0 Å². The second-order valence-corrected chi connectivity index (χ2v) is 8.54. The molecule has 2 N–H and O–H groups in total. The van der Waals surface area contributed by atoms with Crippen LogP contribution in [0.1, 0.15) is 5.56 Å². The second-order valence-electron chi connectivity index (χ2n) is 8.54. The number of rotatable bonds is 4. The van der Waals surface area contributed by atoms with Crippen molar-refractivity contribution >= 4 is 28.4 Å². The highest BCUT2D eigenvalue weighted by Gasteiger charge is 2.26. The Bertz CT molecular complexity index is 1630. The third kappa shape index (κ3) is 3.30. The first-order valence-corrected chi connectivity index (χ1v) is 11.3. The number of amides is 1. The zero-order valence-electron chi connectivity index (χ0n) is 19.4. The number of hydrogen-bond acceptors (Lipinski definition) is 5. The van der Waals surface area contributed by atoms with Crippen molar-refractivity contribution in [2.75, 3.05) is 10.6 Å². The molecule has 0 saturated carbocycles. The van der Waals surface area contributed by atoms with Crippen LogP contribution < -0.4 is 10.6 Å². The molecule has 35 heavy (non-hydrogen) atoms. The summed E-state index contributed by atoms with van der Waals surface area (Å²) in [5.74, 6) is 0.582. The molecule has 4 heterocycles. The van der Waals surface area contributed by atoms with Crippen molar-refractivity contribution in [3.8, 4) is 33.6 Å². The minimum Gasteiger partial charge on any atom is -0.365 e. The molecule has 8 heteroatoms. The van der Waals surface area contributed by atoms with Gasteiger partial charge in [0.1, 0.15) is 17.8 Å². The number of fused-ring (bicyclic) bond motifs is 2. The van der Waals surface area contributed by atoms with Crippen molar-refractivity contribution in [3.63, 3.8) is 0 Å². The molecule has 0 spiro atoms. The summed E-state index contributed by atoms with van der Waals surface area (Å²) in [4.78, 5) is 20.9. The van der Waals surface area contributed by atoms with Gasteiger partial charge in [0.2, 0.25) is 5.91 Å². The average Bonchev–Trinajstić information content (AvgIpc) is 3.38. The monoisotopic (exact) mass is 461 g/mol. The summed E-state index contributed by atoms with van der Waals surface area (Å²) < 4.78 is 3.99. The van der Waals surface area contributed by atoms with E-state index in [9.17, 15) is 4.79 Å². The van der Waals surface area contributed by atoms with Crippen LogP contribution in [-0.2, 0) is 25.4 Å². The number of benzene rings is 2. The Kier molecular flexibility index (Phi) is 4.74. The van der Waals surface area contributed by atoms with Crippen LogP contribution in [0.15, 0.2) is 73.7 Å². The van der Waals surface area contributed by atoms with Gasteiger partial charge in [0.25, 0.3) is 0 Å². The highest BCUT2D eigenvalue weighted by molar-refractivity contribution is 6.09. The van der Waals surface area contributed by atoms with Gasteiger partial charge in [-0.05, 0) is 47.0 Å². The van der Waals surface area contributed by atoms with Gasteiger partial charge in [0, 0.05) is 43.7 Å². The first kappa shape index (κ1) is 20.9. The Morgan fingerprint density at radius 2 is 1.89 bits per heavy atom. The van der Waals surface area contributed by atoms with E-state index >= 15 is 0 Å². The van der Waals surface area contributed by atoms with Gasteiger partial charge in [-0.25, -0.2) is 9.97 Å². The van der Waals surface area contributed by atoms with Gasteiger partial charge in [-0.1, -0.05) is 30.8 Å². The molecule has 5 aromatic rings. The Balaban J connectivity index is 1.56. The summed E-state index contributed by atoms with van der Waals surface area (Å²) in [6, 6.07) is 16.4. The van der Waals surface area contributed by atoms with Crippen LogP contribution in [0.2, 0.25) is 0 Å². The number of aryl methyl sites for hydroxylation is 2. The van der Waals surface area contributed by atoms with E-state index in [0.717, 1.165) is 50.5 Å². The minimum atomic E-state index is -0.238. The SMILES string of the molecule is C=CC(=O)Nc1ccc(-c2c3c4c(ncnc4n2C)NCc2cc(-c4ccnn4C)ccc2-3)cc1. The normalized spacial score (nSPS) is 12.1. The second kappa shape index (κ2) is 7.95. The number of anilines is 2. The maximum atomic E-state index is 11.7. The molecular formula is C27H23N7O. The van der Waals surface area contributed by atoms with Gasteiger partial charge >= 0.3 is 0 Å². The fraction of sp³-hybridized carbons (Fsp3) is 0.111. The van der Waals surface area contributed by atoms with E-state index in [2.05, 4.69) is 55.0 Å². The van der Waals surface area contributed by atoms with Crippen LogP contribution >= 0.6 is 0 Å². The smallest absolute Gasteiger partial charge is 0.247 e. The van der Waals surface area contributed by atoms with E-state index < -0.39 is 0 Å². The molecule has 0 bridgehead atoms. The van der Waals surface area contributed by atoms with Crippen molar-refractivity contribution in [2.45, 2.75) is 6.54 Å². The van der Waals surface area contributed by atoms with Gasteiger partial charge in [-0.2, -0.15) is 5.10 Å². The van der Waals surface area contributed by atoms with E-state index in [1.165, 1.54) is 11.6 Å². The topological polar surface area (TPSA) is 89.7 Å². The maximum absolute atomic E-state index is 11.7. The lowest BCUT2D eigenvalue weighted by molar-refractivity contribution is -0.111. The zero-order chi connectivity index (χ0) is 24.1. The van der Waals surface area contributed by atoms with E-state index in [4.69, 9.17) is 0 Å². The number of nitrogens with one attached hydrogen (secondary N) is 2. The van der Waals surface area contributed by atoms with Crippen LogP contribution in [0, 0.1) is 0 Å². The number of carbonyl (C=O) groups excluding carboxylic acids is 1. The zero-order valence-corrected chi connectivity index (χ0v) is 19.4. The summed E-state index contributed by atoms with van der Waals surface area (Å²) in [6.45, 7) is 4.16. The molecular weight excluding hydrogens is 438 g/mol. The van der Waals surface area contributed by atoms with E-state index in [1.807, 2.05) is 55.3 Å². The predicted molar refractivity (Wildman–Crippen MR) is 138 cm³/mol. The van der Waals surface area contributed by atoms with Crippen molar-refractivity contribution < 1.29 is 4.79 Å². The Labute approximate surface area is 202 Å². The van der Waals surface area contributed by atoms with E-state index in [1.54, 1.807) is 6.33 Å². The lowest BCUT2D eigenvalue weighted by Gasteiger charge is -2.14. The highest BCUT2D eigenvalue weighted by Crippen LogP contribution is 2.45. The number of nitrogens with zero attached hydrogens (tertiary/aromatic N) is 5. The molecule has 1 aliphatic rings. The van der Waals surface area contributed by atoms with Crippen LogP contribution in [-0.4, -0.2) is 30.2 Å². The molecule has 172 valence electrons. The number of aromatic nitrogens is 5. The Hall–Kier alpha value is -4.72. The maximum Gasteiger partial charge on any atom is 0.247 e. The summed E-state index contributed by atoms with van der Waals surface area (Å²) in [6.07, 6.45) is 4.67. The lowest BCUT2D eigenvalue weighted by atomic mass is 9.93. The largest absolute Gasteiger partial charge is 0.365 e. The molecule has 3 aromatic heterocycles. The first-order valence-electron chi connectivity index (χ1n) is 11.3. The summed E-state index contributed by atoms with van der Waals surface area (Å²) in [7, 11) is 3.97. The molecule has 8 nitrogen and oxygen atoms in total. The van der Waals surface area contributed by atoms with Crippen molar-refractivity contribution in [3.05, 3.63) is 79.3 Å². The highest BCUT2D eigenvalue weighted by atomic mass is 16.1. The molecule has 0 atom stereocenters. The van der Waals surface area contributed by atoms with Gasteiger partial charge < -0.3 is 15.2 Å². The fourth-order valence-electron chi connectivity index (χ4n) is 4.87. The summed E-state index contributed by atoms with van der Waals surface area (Å²) in [5.41, 5.74) is 9.22. The number of carbonyl (C=O) groups is 1. The van der Waals surface area contributed by atoms with Gasteiger partial charge in [0.15, 0.2) is 0 Å². The molecule has 1 amide bonds. The minimum absolute atomic E-state index is 0.238. The molecule has 0 fully saturated rings.